The van der Waals surface area contributed by atoms with Gasteiger partial charge in [-0.3, -0.25) is 9.59 Å². The SMILES string of the molecule is C/C1=C/[C@H]2O[C@@H]3OC(C)(C)O[C@@H]3[C@@H]2CC(=O)CC(=O)O[C@H](CCl)C[C@H](O[Si](c2ccccc2)(c2ccccc2)C(C)(C)C)CC#C1. The molecule has 0 bridgehead atoms. The first-order valence-corrected chi connectivity index (χ1v) is 18.5. The Hall–Kier alpha value is -2.77. The third kappa shape index (κ3) is 7.68. The molecule has 0 amide bonds. The first-order valence-electron chi connectivity index (χ1n) is 16.1. The number of carbonyl (C=O) groups excluding carboxylic acids is 2. The van der Waals surface area contributed by atoms with E-state index in [-0.39, 0.29) is 35.5 Å². The minimum atomic E-state index is -2.95. The molecule has 0 saturated carbocycles. The predicted octanol–water partition coefficient (Wildman–Crippen LogP) is 5.67. The summed E-state index contributed by atoms with van der Waals surface area (Å²) in [5, 5.41) is 2.02. The fraction of sp³-hybridized carbons (Fsp3) is 0.514. The molecule has 6 atom stereocenters. The van der Waals surface area contributed by atoms with Gasteiger partial charge >= 0.3 is 5.97 Å². The third-order valence-electron chi connectivity index (χ3n) is 8.81. The maximum atomic E-state index is 13.2. The van der Waals surface area contributed by atoms with E-state index in [1.807, 2.05) is 63.2 Å². The summed E-state index contributed by atoms with van der Waals surface area (Å²) in [6, 6.07) is 20.8. The van der Waals surface area contributed by atoms with Crippen molar-refractivity contribution in [1.29, 1.82) is 0 Å². The van der Waals surface area contributed by atoms with Crippen molar-refractivity contribution in [2.24, 2.45) is 5.92 Å². The Labute approximate surface area is 279 Å². The maximum Gasteiger partial charge on any atom is 0.313 e. The molecule has 9 heteroatoms. The molecule has 3 aliphatic rings. The van der Waals surface area contributed by atoms with E-state index in [2.05, 4.69) is 56.9 Å². The minimum absolute atomic E-state index is 0.0649. The second-order valence-corrected chi connectivity index (χ2v) is 18.5. The zero-order valence-corrected chi connectivity index (χ0v) is 29.3. The number of cyclic esters (lactones) is 1. The predicted molar refractivity (Wildman–Crippen MR) is 180 cm³/mol. The van der Waals surface area contributed by atoms with Crippen molar-refractivity contribution in [2.75, 3.05) is 5.88 Å². The van der Waals surface area contributed by atoms with Gasteiger partial charge in [-0.05, 0) is 47.8 Å². The molecule has 3 heterocycles. The van der Waals surface area contributed by atoms with Crippen LogP contribution in [0.3, 0.4) is 0 Å². The fourth-order valence-electron chi connectivity index (χ4n) is 6.86. The average Bonchev–Trinajstić information content (AvgIpc) is 3.45. The second kappa shape index (κ2) is 14.1. The van der Waals surface area contributed by atoms with Gasteiger partial charge in [-0.15, -0.1) is 11.6 Å². The third-order valence-corrected chi connectivity index (χ3v) is 14.3. The van der Waals surface area contributed by atoms with Crippen molar-refractivity contribution < 1.29 is 33.0 Å². The summed E-state index contributed by atoms with van der Waals surface area (Å²) >= 11 is 6.41. The number of alkyl halides is 1. The van der Waals surface area contributed by atoms with E-state index < -0.39 is 50.8 Å². The van der Waals surface area contributed by atoms with Gasteiger partial charge in [0, 0.05) is 25.2 Å². The molecule has 246 valence electrons. The van der Waals surface area contributed by atoms with Crippen LogP contribution in [0.5, 0.6) is 0 Å². The molecule has 5 rings (SSSR count). The van der Waals surface area contributed by atoms with Crippen molar-refractivity contribution in [1.82, 2.24) is 0 Å². The van der Waals surface area contributed by atoms with Gasteiger partial charge in [0.2, 0.25) is 0 Å². The number of halogens is 1. The van der Waals surface area contributed by atoms with Gasteiger partial charge in [0.25, 0.3) is 8.32 Å². The molecule has 0 radical (unpaired) electrons. The number of allylic oxidation sites excluding steroid dienone is 1. The Kier molecular flexibility index (Phi) is 10.6. The van der Waals surface area contributed by atoms with Crippen LogP contribution in [0, 0.1) is 17.8 Å². The number of Topliss-reactive ketones (excluding diaryl/α,β-unsaturated/α-hetero) is 1. The smallest absolute Gasteiger partial charge is 0.313 e. The van der Waals surface area contributed by atoms with E-state index in [0.717, 1.165) is 15.9 Å². The van der Waals surface area contributed by atoms with Crippen molar-refractivity contribution in [3.8, 4) is 11.8 Å². The Balaban J connectivity index is 1.52. The van der Waals surface area contributed by atoms with Gasteiger partial charge in [-0.2, -0.15) is 0 Å². The first kappa shape index (κ1) is 34.6. The van der Waals surface area contributed by atoms with E-state index in [1.165, 1.54) is 0 Å². The van der Waals surface area contributed by atoms with Gasteiger partial charge in [0.15, 0.2) is 12.1 Å². The largest absolute Gasteiger partial charge is 0.461 e. The number of ketones is 1. The van der Waals surface area contributed by atoms with Crippen LogP contribution in [-0.2, 0) is 33.0 Å². The molecule has 0 aliphatic carbocycles. The van der Waals surface area contributed by atoms with Crippen LogP contribution in [0.2, 0.25) is 5.04 Å². The molecular formula is C37H45ClO7Si. The van der Waals surface area contributed by atoms with Gasteiger partial charge in [0.05, 0.1) is 18.1 Å². The Bertz CT molecular complexity index is 1430. The number of benzene rings is 2. The highest BCUT2D eigenvalue weighted by Gasteiger charge is 2.55. The number of rotatable bonds is 5. The maximum absolute atomic E-state index is 13.2. The summed E-state index contributed by atoms with van der Waals surface area (Å²) in [7, 11) is -2.95. The summed E-state index contributed by atoms with van der Waals surface area (Å²) in [6.07, 6.45) is -0.190. The summed E-state index contributed by atoms with van der Waals surface area (Å²) in [6.45, 7) is 12.2. The lowest BCUT2D eigenvalue weighted by atomic mass is 9.90. The molecule has 2 fully saturated rings. The van der Waals surface area contributed by atoms with E-state index in [9.17, 15) is 9.59 Å². The highest BCUT2D eigenvalue weighted by molar-refractivity contribution is 6.99. The standard InChI is InChI=1S/C37H45ClO7Si/c1-25-14-13-15-27(45-46(36(2,3)4,29-16-9-7-10-17-29)30-18-11-8-12-19-30)23-28(24-38)41-33(40)22-26(39)21-31-32(20-25)42-35-34(31)43-37(5,6)44-35/h7-12,16-20,27-28,31-32,34-35H,15,21-24H2,1-6H3/b25-20-/t27-,28+,31-,32-,34-,35-/m1/s1. The lowest BCUT2D eigenvalue weighted by Gasteiger charge is -2.45. The van der Waals surface area contributed by atoms with Crippen molar-refractivity contribution in [2.45, 2.75) is 109 Å². The van der Waals surface area contributed by atoms with E-state index in [0.29, 0.717) is 12.8 Å². The topological polar surface area (TPSA) is 80.3 Å². The quantitative estimate of drug-likeness (QED) is 0.134. The first-order chi connectivity index (χ1) is 21.8. The molecule has 3 aliphatic heterocycles. The molecule has 0 spiro atoms. The lowest BCUT2D eigenvalue weighted by molar-refractivity contribution is -0.205. The number of ether oxygens (including phenoxy) is 4. The summed E-state index contributed by atoms with van der Waals surface area (Å²) in [4.78, 5) is 26.3. The number of fused-ring (bicyclic) bond motifs is 3. The van der Waals surface area contributed by atoms with Crippen LogP contribution in [0.4, 0.5) is 0 Å². The molecule has 0 aromatic heterocycles. The van der Waals surface area contributed by atoms with Crippen molar-refractivity contribution >= 4 is 42.0 Å². The van der Waals surface area contributed by atoms with E-state index in [4.69, 9.17) is 35.0 Å². The molecule has 2 saturated heterocycles. The van der Waals surface area contributed by atoms with Crippen LogP contribution in [0.15, 0.2) is 72.3 Å². The van der Waals surface area contributed by atoms with Crippen LogP contribution < -0.4 is 10.4 Å². The van der Waals surface area contributed by atoms with Gasteiger partial charge in [0.1, 0.15) is 24.4 Å². The highest BCUT2D eigenvalue weighted by Crippen LogP contribution is 2.43. The van der Waals surface area contributed by atoms with Crippen LogP contribution in [0.1, 0.15) is 67.2 Å². The molecule has 0 N–H and O–H groups in total. The number of esters is 1. The normalized spacial score (nSPS) is 30.0. The van der Waals surface area contributed by atoms with Gasteiger partial charge < -0.3 is 23.4 Å². The lowest BCUT2D eigenvalue weighted by Crippen LogP contribution is -2.67. The van der Waals surface area contributed by atoms with Crippen LogP contribution in [-0.4, -0.2) is 62.4 Å². The molecule has 2 aromatic rings. The van der Waals surface area contributed by atoms with Gasteiger partial charge in [-0.25, -0.2) is 0 Å². The van der Waals surface area contributed by atoms with Crippen LogP contribution >= 0.6 is 11.6 Å². The Morgan fingerprint density at radius 2 is 1.63 bits per heavy atom. The monoisotopic (exact) mass is 664 g/mol. The molecular weight excluding hydrogens is 620 g/mol. The Morgan fingerprint density at radius 3 is 2.22 bits per heavy atom. The molecule has 0 unspecified atom stereocenters. The zero-order valence-electron chi connectivity index (χ0n) is 27.6. The van der Waals surface area contributed by atoms with E-state index >= 15 is 0 Å². The Morgan fingerprint density at radius 1 is 1.00 bits per heavy atom. The summed E-state index contributed by atoms with van der Waals surface area (Å²) in [5.41, 5.74) is 0.807. The fourth-order valence-corrected chi connectivity index (χ4v) is 11.7. The number of hydrogen-bond donors (Lipinski definition) is 0. The molecule has 7 nitrogen and oxygen atoms in total. The second-order valence-electron chi connectivity index (χ2n) is 13.9. The van der Waals surface area contributed by atoms with Crippen molar-refractivity contribution in [3.63, 3.8) is 0 Å². The average molecular weight is 665 g/mol. The van der Waals surface area contributed by atoms with Gasteiger partial charge in [-0.1, -0.05) is 93.3 Å². The highest BCUT2D eigenvalue weighted by atomic mass is 35.5. The summed E-state index contributed by atoms with van der Waals surface area (Å²) in [5.74, 6) is 4.69. The molecule has 46 heavy (non-hydrogen) atoms. The zero-order chi connectivity index (χ0) is 33.1. The van der Waals surface area contributed by atoms with E-state index in [1.54, 1.807) is 0 Å². The minimum Gasteiger partial charge on any atom is -0.461 e. The number of hydrogen-bond acceptors (Lipinski definition) is 7. The summed E-state index contributed by atoms with van der Waals surface area (Å²) < 4.78 is 31.5. The molecule has 2 aromatic carbocycles. The van der Waals surface area contributed by atoms with Crippen molar-refractivity contribution in [3.05, 3.63) is 72.3 Å². The van der Waals surface area contributed by atoms with Crippen LogP contribution in [0.25, 0.3) is 0 Å². The number of carbonyl (C=O) groups is 2.